The van der Waals surface area contributed by atoms with E-state index in [0.29, 0.717) is 13.0 Å². The second-order valence-corrected chi connectivity index (χ2v) is 6.84. The lowest BCUT2D eigenvalue weighted by atomic mass is 10.2. The standard InChI is InChI=1S/C23H28N2O3/c1-3-15-25-21-17-19(28-16-9-5-8-12-22(26)27-2)13-14-20(21)24-23(25)18-10-6-4-7-11-18/h4,6-7,10-11,13-14,17H,3,5,8-9,12,15-16H2,1-2H3. The van der Waals surface area contributed by atoms with Crippen LogP contribution in [-0.4, -0.2) is 29.2 Å². The number of rotatable bonds is 10. The van der Waals surface area contributed by atoms with Crippen LogP contribution in [0.25, 0.3) is 22.4 Å². The zero-order chi connectivity index (χ0) is 19.8. The van der Waals surface area contributed by atoms with Gasteiger partial charge < -0.3 is 14.0 Å². The maximum Gasteiger partial charge on any atom is 0.305 e. The van der Waals surface area contributed by atoms with Gasteiger partial charge in [-0.2, -0.15) is 0 Å². The van der Waals surface area contributed by atoms with Gasteiger partial charge in [0.15, 0.2) is 0 Å². The van der Waals surface area contributed by atoms with E-state index in [-0.39, 0.29) is 5.97 Å². The second kappa shape index (κ2) is 9.93. The van der Waals surface area contributed by atoms with Crippen molar-refractivity contribution in [2.45, 2.75) is 45.6 Å². The van der Waals surface area contributed by atoms with Gasteiger partial charge in [-0.1, -0.05) is 37.3 Å². The summed E-state index contributed by atoms with van der Waals surface area (Å²) >= 11 is 0. The Morgan fingerprint density at radius 3 is 2.64 bits per heavy atom. The van der Waals surface area contributed by atoms with Gasteiger partial charge in [-0.3, -0.25) is 4.79 Å². The summed E-state index contributed by atoms with van der Waals surface area (Å²) in [4.78, 5) is 16.0. The van der Waals surface area contributed by atoms with Crippen molar-refractivity contribution in [3.63, 3.8) is 0 Å². The first-order valence-electron chi connectivity index (χ1n) is 9.98. The van der Waals surface area contributed by atoms with E-state index in [4.69, 9.17) is 9.72 Å². The Bertz CT molecular complexity index is 903. The first kappa shape index (κ1) is 19.9. The van der Waals surface area contributed by atoms with Crippen molar-refractivity contribution < 1.29 is 14.3 Å². The van der Waals surface area contributed by atoms with E-state index in [0.717, 1.165) is 60.4 Å². The van der Waals surface area contributed by atoms with Gasteiger partial charge >= 0.3 is 5.97 Å². The van der Waals surface area contributed by atoms with Crippen molar-refractivity contribution in [2.75, 3.05) is 13.7 Å². The molecule has 0 saturated carbocycles. The van der Waals surface area contributed by atoms with Crippen LogP contribution in [0.4, 0.5) is 0 Å². The first-order chi connectivity index (χ1) is 13.7. The molecule has 0 radical (unpaired) electrons. The van der Waals surface area contributed by atoms with Crippen LogP contribution < -0.4 is 4.74 Å². The van der Waals surface area contributed by atoms with E-state index in [2.05, 4.69) is 34.4 Å². The van der Waals surface area contributed by atoms with E-state index in [1.165, 1.54) is 7.11 Å². The van der Waals surface area contributed by atoms with Gasteiger partial charge in [-0.25, -0.2) is 4.98 Å². The lowest BCUT2D eigenvalue weighted by Gasteiger charge is -2.09. The number of unbranched alkanes of at least 4 members (excludes halogenated alkanes) is 2. The number of aromatic nitrogens is 2. The molecule has 0 fully saturated rings. The third-order valence-corrected chi connectivity index (χ3v) is 4.72. The summed E-state index contributed by atoms with van der Waals surface area (Å²) < 4.78 is 12.9. The number of fused-ring (bicyclic) bond motifs is 1. The fraction of sp³-hybridized carbons (Fsp3) is 0.391. The highest BCUT2D eigenvalue weighted by Gasteiger charge is 2.13. The predicted octanol–water partition coefficient (Wildman–Crippen LogP) is 5.23. The summed E-state index contributed by atoms with van der Waals surface area (Å²) in [6.07, 6.45) is 4.21. The van der Waals surface area contributed by atoms with Crippen LogP contribution in [0, 0.1) is 0 Å². The largest absolute Gasteiger partial charge is 0.494 e. The van der Waals surface area contributed by atoms with Gasteiger partial charge in [0, 0.05) is 24.6 Å². The maximum absolute atomic E-state index is 11.1. The van der Waals surface area contributed by atoms with Gasteiger partial charge in [0.05, 0.1) is 24.8 Å². The molecule has 0 bridgehead atoms. The molecule has 1 aromatic heterocycles. The molecular weight excluding hydrogens is 352 g/mol. The molecule has 0 aliphatic heterocycles. The summed E-state index contributed by atoms with van der Waals surface area (Å²) in [6.45, 7) is 3.73. The minimum atomic E-state index is -0.148. The Morgan fingerprint density at radius 1 is 1.07 bits per heavy atom. The number of carbonyl (C=O) groups excluding carboxylic acids is 1. The lowest BCUT2D eigenvalue weighted by Crippen LogP contribution is -2.02. The summed E-state index contributed by atoms with van der Waals surface area (Å²) in [5, 5.41) is 0. The van der Waals surface area contributed by atoms with Crippen molar-refractivity contribution in [1.29, 1.82) is 0 Å². The van der Waals surface area contributed by atoms with Crippen molar-refractivity contribution in [3.8, 4) is 17.1 Å². The summed E-state index contributed by atoms with van der Waals surface area (Å²) in [7, 11) is 1.42. The van der Waals surface area contributed by atoms with Crippen molar-refractivity contribution >= 4 is 17.0 Å². The first-order valence-corrected chi connectivity index (χ1v) is 9.98. The molecule has 0 saturated heterocycles. The van der Waals surface area contributed by atoms with Gasteiger partial charge in [0.25, 0.3) is 0 Å². The molecule has 0 aliphatic rings. The van der Waals surface area contributed by atoms with Crippen molar-refractivity contribution in [1.82, 2.24) is 9.55 Å². The Kier molecular flexibility index (Phi) is 7.06. The van der Waals surface area contributed by atoms with Crippen LogP contribution in [0.5, 0.6) is 5.75 Å². The van der Waals surface area contributed by atoms with Gasteiger partial charge in [-0.05, 0) is 37.8 Å². The van der Waals surface area contributed by atoms with Crippen LogP contribution >= 0.6 is 0 Å². The number of methoxy groups -OCH3 is 1. The number of imidazole rings is 1. The number of hydrogen-bond donors (Lipinski definition) is 0. The number of hydrogen-bond acceptors (Lipinski definition) is 4. The molecule has 0 atom stereocenters. The van der Waals surface area contributed by atoms with E-state index in [1.54, 1.807) is 0 Å². The molecule has 0 unspecified atom stereocenters. The molecule has 3 aromatic rings. The van der Waals surface area contributed by atoms with E-state index in [9.17, 15) is 4.79 Å². The monoisotopic (exact) mass is 380 g/mol. The number of aryl methyl sites for hydroxylation is 1. The number of ether oxygens (including phenoxy) is 2. The molecule has 1 heterocycles. The van der Waals surface area contributed by atoms with Gasteiger partial charge in [0.1, 0.15) is 11.6 Å². The maximum atomic E-state index is 11.1. The fourth-order valence-corrected chi connectivity index (χ4v) is 3.29. The number of nitrogens with zero attached hydrogens (tertiary/aromatic N) is 2. The van der Waals surface area contributed by atoms with Gasteiger partial charge in [0.2, 0.25) is 0 Å². The number of benzene rings is 2. The normalized spacial score (nSPS) is 10.9. The third kappa shape index (κ3) is 4.91. The quantitative estimate of drug-likeness (QED) is 0.357. The van der Waals surface area contributed by atoms with Crippen LogP contribution in [0.3, 0.4) is 0 Å². The van der Waals surface area contributed by atoms with E-state index >= 15 is 0 Å². The van der Waals surface area contributed by atoms with E-state index < -0.39 is 0 Å². The third-order valence-electron chi connectivity index (χ3n) is 4.72. The fourth-order valence-electron chi connectivity index (χ4n) is 3.29. The SMILES string of the molecule is CCCn1c(-c2ccccc2)nc2ccc(OCCCCCC(=O)OC)cc21. The molecule has 3 rings (SSSR count). The summed E-state index contributed by atoms with van der Waals surface area (Å²) in [5.74, 6) is 1.71. The second-order valence-electron chi connectivity index (χ2n) is 6.84. The topological polar surface area (TPSA) is 53.4 Å². The zero-order valence-electron chi connectivity index (χ0n) is 16.7. The average molecular weight is 380 g/mol. The zero-order valence-corrected chi connectivity index (χ0v) is 16.7. The van der Waals surface area contributed by atoms with Crippen molar-refractivity contribution in [3.05, 3.63) is 48.5 Å². The Balaban J connectivity index is 1.68. The van der Waals surface area contributed by atoms with Crippen LogP contribution in [0.2, 0.25) is 0 Å². The minimum Gasteiger partial charge on any atom is -0.494 e. The number of carbonyl (C=O) groups is 1. The molecule has 5 nitrogen and oxygen atoms in total. The molecule has 148 valence electrons. The van der Waals surface area contributed by atoms with Crippen LogP contribution in [0.15, 0.2) is 48.5 Å². The smallest absolute Gasteiger partial charge is 0.305 e. The molecule has 0 spiro atoms. The van der Waals surface area contributed by atoms with E-state index in [1.807, 2.05) is 30.3 Å². The molecule has 28 heavy (non-hydrogen) atoms. The molecule has 0 aliphatic carbocycles. The van der Waals surface area contributed by atoms with Crippen LogP contribution in [0.1, 0.15) is 39.0 Å². The molecular formula is C23H28N2O3. The number of esters is 1. The molecule has 0 amide bonds. The Labute approximate surface area is 166 Å². The molecule has 0 N–H and O–H groups in total. The molecule has 5 heteroatoms. The predicted molar refractivity (Wildman–Crippen MR) is 111 cm³/mol. The highest BCUT2D eigenvalue weighted by Crippen LogP contribution is 2.28. The van der Waals surface area contributed by atoms with Crippen molar-refractivity contribution in [2.24, 2.45) is 0 Å². The highest BCUT2D eigenvalue weighted by atomic mass is 16.5. The van der Waals surface area contributed by atoms with Gasteiger partial charge in [-0.15, -0.1) is 0 Å². The molecule has 2 aromatic carbocycles. The minimum absolute atomic E-state index is 0.148. The lowest BCUT2D eigenvalue weighted by molar-refractivity contribution is -0.140. The summed E-state index contributed by atoms with van der Waals surface area (Å²) in [5.41, 5.74) is 3.21. The Hall–Kier alpha value is -2.82. The highest BCUT2D eigenvalue weighted by molar-refractivity contribution is 5.82. The Morgan fingerprint density at radius 2 is 1.89 bits per heavy atom. The summed E-state index contributed by atoms with van der Waals surface area (Å²) in [6, 6.07) is 16.4. The van der Waals surface area contributed by atoms with Crippen LogP contribution in [-0.2, 0) is 16.1 Å². The average Bonchev–Trinajstić information content (AvgIpc) is 3.09.